The van der Waals surface area contributed by atoms with Gasteiger partial charge in [0.1, 0.15) is 0 Å². The maximum atomic E-state index is 13.3. The molecule has 0 aliphatic carbocycles. The van der Waals surface area contributed by atoms with Crippen LogP contribution in [0, 0.1) is 0 Å². The van der Waals surface area contributed by atoms with Crippen LogP contribution in [0.3, 0.4) is 0 Å². The maximum Gasteiger partial charge on any atom is 0.206 e. The van der Waals surface area contributed by atoms with Crippen LogP contribution in [0.15, 0.2) is 103 Å². The summed E-state index contributed by atoms with van der Waals surface area (Å²) in [5, 5.41) is 21.1. The van der Waals surface area contributed by atoms with E-state index in [9.17, 15) is 8.42 Å². The zero-order valence-electron chi connectivity index (χ0n) is 26.4. The van der Waals surface area contributed by atoms with Gasteiger partial charge in [0, 0.05) is 31.0 Å². The molecule has 0 saturated heterocycles. The lowest BCUT2D eigenvalue weighted by Gasteiger charge is -2.37. The number of nitrogens with zero attached hydrogens (tertiary/aromatic N) is 5. The van der Waals surface area contributed by atoms with Crippen molar-refractivity contribution < 1.29 is 8.42 Å². The van der Waals surface area contributed by atoms with Crippen LogP contribution in [0.4, 0.5) is 22.7 Å². The molecule has 0 bridgehead atoms. The summed E-state index contributed by atoms with van der Waals surface area (Å²) in [5.74, 6) is 0. The topological polar surface area (TPSA) is 98.8 Å². The van der Waals surface area contributed by atoms with Gasteiger partial charge in [-0.3, -0.25) is 0 Å². The molecule has 3 heterocycles. The van der Waals surface area contributed by atoms with E-state index in [0.29, 0.717) is 24.5 Å². The fraction of sp³-hybridized carbons (Fsp3) is 0.351. The molecule has 3 aliphatic heterocycles. The summed E-state index contributed by atoms with van der Waals surface area (Å²) >= 11 is 0. The van der Waals surface area contributed by atoms with Crippen LogP contribution < -0.4 is 10.2 Å². The Morgan fingerprint density at radius 2 is 1.22 bits per heavy atom. The van der Waals surface area contributed by atoms with E-state index in [1.165, 1.54) is 52.0 Å². The van der Waals surface area contributed by atoms with Gasteiger partial charge in [-0.25, -0.2) is 8.42 Å². The van der Waals surface area contributed by atoms with Crippen molar-refractivity contribution in [2.45, 2.75) is 74.7 Å². The zero-order chi connectivity index (χ0) is 31.5. The number of nitrogens with one attached hydrogen (secondary N) is 1. The van der Waals surface area contributed by atoms with Crippen molar-refractivity contribution in [2.75, 3.05) is 29.9 Å². The van der Waals surface area contributed by atoms with Gasteiger partial charge in [0.2, 0.25) is 9.84 Å². The number of rotatable bonds is 9. The van der Waals surface area contributed by atoms with Gasteiger partial charge >= 0.3 is 0 Å². The Hall–Kier alpha value is -4.37. The molecule has 8 nitrogen and oxygen atoms in total. The number of azo groups is 2. The van der Waals surface area contributed by atoms with E-state index >= 15 is 0 Å². The molecule has 236 valence electrons. The van der Waals surface area contributed by atoms with Gasteiger partial charge in [-0.15, -0.1) is 0 Å². The van der Waals surface area contributed by atoms with Crippen LogP contribution in [0.5, 0.6) is 0 Å². The molecule has 0 saturated carbocycles. The second-order valence-electron chi connectivity index (χ2n) is 12.4. The minimum atomic E-state index is -3.69. The van der Waals surface area contributed by atoms with Gasteiger partial charge in [0.05, 0.1) is 34.3 Å². The minimum Gasteiger partial charge on any atom is -0.385 e. The summed E-state index contributed by atoms with van der Waals surface area (Å²) < 4.78 is 26.6. The lowest BCUT2D eigenvalue weighted by atomic mass is 9.90. The number of fused-ring (bicyclic) bond motifs is 1. The smallest absolute Gasteiger partial charge is 0.206 e. The molecule has 0 spiro atoms. The number of benzene rings is 4. The largest absolute Gasteiger partial charge is 0.385 e. The molecular formula is C37H40N6O2S. The Balaban J connectivity index is 0.976. The van der Waals surface area contributed by atoms with Crippen LogP contribution in [-0.4, -0.2) is 28.1 Å². The second-order valence-corrected chi connectivity index (χ2v) is 14.4. The van der Waals surface area contributed by atoms with Crippen LogP contribution in [0.2, 0.25) is 0 Å². The molecule has 0 amide bonds. The van der Waals surface area contributed by atoms with Gasteiger partial charge in [-0.2, -0.15) is 20.5 Å². The second kappa shape index (κ2) is 13.2. The quantitative estimate of drug-likeness (QED) is 0.187. The van der Waals surface area contributed by atoms with Gasteiger partial charge in [0.25, 0.3) is 0 Å². The van der Waals surface area contributed by atoms with Crippen molar-refractivity contribution in [3.8, 4) is 0 Å². The average molecular weight is 633 g/mol. The third-order valence-corrected chi connectivity index (χ3v) is 11.0. The third-order valence-electron chi connectivity index (χ3n) is 9.23. The number of hydrogen-bond donors (Lipinski definition) is 1. The molecule has 0 atom stereocenters. The number of aryl methyl sites for hydroxylation is 4. The van der Waals surface area contributed by atoms with E-state index in [0.717, 1.165) is 57.3 Å². The fourth-order valence-corrected chi connectivity index (χ4v) is 8.27. The van der Waals surface area contributed by atoms with Gasteiger partial charge < -0.3 is 10.2 Å². The molecule has 46 heavy (non-hydrogen) atoms. The lowest BCUT2D eigenvalue weighted by molar-refractivity contribution is 0.596. The zero-order valence-corrected chi connectivity index (χ0v) is 27.2. The molecule has 4 aromatic rings. The van der Waals surface area contributed by atoms with E-state index in [1.807, 2.05) is 0 Å². The Bertz CT molecular complexity index is 1850. The van der Waals surface area contributed by atoms with Crippen LogP contribution in [0.1, 0.15) is 59.6 Å². The SMILES string of the molecule is CCc1cc(CN=Nc2ccc(S(=O)(=O)c3ccc(N=NCc4cc5c6c(c4)CCCN6CCC5)cc3)cc2)cc2c1NCCC2. The Labute approximate surface area is 271 Å². The Morgan fingerprint density at radius 3 is 1.78 bits per heavy atom. The predicted octanol–water partition coefficient (Wildman–Crippen LogP) is 8.71. The highest BCUT2D eigenvalue weighted by Crippen LogP contribution is 2.36. The first kappa shape index (κ1) is 30.3. The molecular weight excluding hydrogens is 593 g/mol. The van der Waals surface area contributed by atoms with Crippen molar-refractivity contribution in [1.29, 1.82) is 0 Å². The van der Waals surface area contributed by atoms with E-state index in [2.05, 4.69) is 61.9 Å². The third kappa shape index (κ3) is 6.33. The Kier molecular flexibility index (Phi) is 8.67. The summed E-state index contributed by atoms with van der Waals surface area (Å²) in [6.45, 7) is 6.52. The summed E-state index contributed by atoms with van der Waals surface area (Å²) in [7, 11) is -3.69. The van der Waals surface area contributed by atoms with Crippen LogP contribution in [-0.2, 0) is 48.6 Å². The van der Waals surface area contributed by atoms with Crippen LogP contribution in [0.25, 0.3) is 0 Å². The van der Waals surface area contributed by atoms with E-state index in [4.69, 9.17) is 0 Å². The van der Waals surface area contributed by atoms with Crippen molar-refractivity contribution in [2.24, 2.45) is 20.5 Å². The van der Waals surface area contributed by atoms with E-state index in [1.54, 1.807) is 48.5 Å². The summed E-state index contributed by atoms with van der Waals surface area (Å²) in [6, 6.07) is 22.1. The molecule has 9 heteroatoms. The normalized spacial score (nSPS) is 16.0. The summed E-state index contributed by atoms with van der Waals surface area (Å²) in [5.41, 5.74) is 11.9. The minimum absolute atomic E-state index is 0.213. The predicted molar refractivity (Wildman–Crippen MR) is 183 cm³/mol. The van der Waals surface area contributed by atoms with Crippen molar-refractivity contribution in [3.05, 3.63) is 106 Å². The Morgan fingerprint density at radius 1 is 0.696 bits per heavy atom. The molecule has 3 aliphatic rings. The van der Waals surface area contributed by atoms with Crippen LogP contribution >= 0.6 is 0 Å². The lowest BCUT2D eigenvalue weighted by Crippen LogP contribution is -2.34. The van der Waals surface area contributed by atoms with Gasteiger partial charge in [-0.05, 0) is 127 Å². The van der Waals surface area contributed by atoms with Crippen molar-refractivity contribution >= 4 is 32.6 Å². The van der Waals surface area contributed by atoms with Gasteiger partial charge in [0.15, 0.2) is 0 Å². The van der Waals surface area contributed by atoms with E-state index < -0.39 is 9.84 Å². The highest BCUT2D eigenvalue weighted by atomic mass is 32.2. The monoisotopic (exact) mass is 632 g/mol. The van der Waals surface area contributed by atoms with E-state index in [-0.39, 0.29) is 9.79 Å². The first-order chi connectivity index (χ1) is 22.5. The fourth-order valence-electron chi connectivity index (χ4n) is 7.01. The molecule has 0 unspecified atom stereocenters. The van der Waals surface area contributed by atoms with Crippen molar-refractivity contribution in [3.63, 3.8) is 0 Å². The number of anilines is 2. The molecule has 4 aromatic carbocycles. The maximum absolute atomic E-state index is 13.3. The number of sulfone groups is 1. The summed E-state index contributed by atoms with van der Waals surface area (Å²) in [6.07, 6.45) is 7.85. The van der Waals surface area contributed by atoms with Crippen molar-refractivity contribution in [1.82, 2.24) is 0 Å². The average Bonchev–Trinajstić information content (AvgIpc) is 3.08. The summed E-state index contributed by atoms with van der Waals surface area (Å²) in [4.78, 5) is 2.97. The molecule has 7 rings (SSSR count). The molecule has 0 fully saturated rings. The first-order valence-electron chi connectivity index (χ1n) is 16.5. The first-order valence-corrected chi connectivity index (χ1v) is 17.9. The molecule has 0 radical (unpaired) electrons. The molecule has 1 N–H and O–H groups in total. The molecule has 0 aromatic heterocycles. The standard InChI is InChI=1S/C37H40N6O2S/c1-2-28-20-26(21-29-6-3-17-38-36(28)29)24-39-41-32-9-13-34(14-10-32)46(44,45)35-15-11-33(12-16-35)42-40-25-27-22-30-7-4-18-43-19-5-8-31(23-27)37(30)43/h9-16,20-23,38H,2-8,17-19,24-25H2,1H3. The highest BCUT2D eigenvalue weighted by Gasteiger charge is 2.24. The van der Waals surface area contributed by atoms with Gasteiger partial charge in [-0.1, -0.05) is 31.2 Å². The highest BCUT2D eigenvalue weighted by molar-refractivity contribution is 7.91. The number of hydrogen-bond acceptors (Lipinski definition) is 8.